The van der Waals surface area contributed by atoms with Crippen molar-refractivity contribution in [2.45, 2.75) is 31.8 Å². The summed E-state index contributed by atoms with van der Waals surface area (Å²) in [5, 5.41) is 0. The predicted molar refractivity (Wildman–Crippen MR) is 77.1 cm³/mol. The lowest BCUT2D eigenvalue weighted by Gasteiger charge is -2.19. The Labute approximate surface area is 118 Å². The molecule has 3 heteroatoms. The van der Waals surface area contributed by atoms with Crippen LogP contribution in [0.25, 0.3) is 6.08 Å². The SMILES string of the molecule is COC1=CC(=O)OC(/C=C/c2ccc3c(c2)CCC3)C1. The lowest BCUT2D eigenvalue weighted by molar-refractivity contribution is -0.142. The van der Waals surface area contributed by atoms with Crippen molar-refractivity contribution in [3.8, 4) is 0 Å². The van der Waals surface area contributed by atoms with Gasteiger partial charge in [0.2, 0.25) is 0 Å². The number of cyclic esters (lactones) is 1. The molecule has 1 aromatic rings. The van der Waals surface area contributed by atoms with Gasteiger partial charge in [0.25, 0.3) is 0 Å². The standard InChI is InChI=1S/C17H18O3/c1-19-16-10-15(20-17(18)11-16)8-6-12-5-7-13-3-2-4-14(13)9-12/h5-9,11,15H,2-4,10H2,1H3/b8-6+. The molecular formula is C17H18O3. The van der Waals surface area contributed by atoms with Crippen LogP contribution in [0.1, 0.15) is 29.5 Å². The monoisotopic (exact) mass is 270 g/mol. The van der Waals surface area contributed by atoms with Gasteiger partial charge < -0.3 is 9.47 Å². The highest BCUT2D eigenvalue weighted by molar-refractivity contribution is 5.83. The fourth-order valence-corrected chi connectivity index (χ4v) is 2.78. The van der Waals surface area contributed by atoms with Crippen LogP contribution < -0.4 is 0 Å². The number of carbonyl (C=O) groups is 1. The molecule has 1 atom stereocenters. The maximum Gasteiger partial charge on any atom is 0.334 e. The number of methoxy groups -OCH3 is 1. The molecule has 2 aliphatic rings. The highest BCUT2D eigenvalue weighted by atomic mass is 16.5. The summed E-state index contributed by atoms with van der Waals surface area (Å²) >= 11 is 0. The number of rotatable bonds is 3. The van der Waals surface area contributed by atoms with Crippen LogP contribution >= 0.6 is 0 Å². The van der Waals surface area contributed by atoms with Gasteiger partial charge in [-0.3, -0.25) is 0 Å². The summed E-state index contributed by atoms with van der Waals surface area (Å²) in [6.45, 7) is 0. The number of carbonyl (C=O) groups excluding carboxylic acids is 1. The highest BCUT2D eigenvalue weighted by Crippen LogP contribution is 2.24. The Hall–Kier alpha value is -2.03. The average Bonchev–Trinajstić information content (AvgIpc) is 2.92. The first-order chi connectivity index (χ1) is 9.74. The second kappa shape index (κ2) is 5.53. The molecule has 0 fully saturated rings. The minimum absolute atomic E-state index is 0.240. The van der Waals surface area contributed by atoms with Gasteiger partial charge in [0.15, 0.2) is 0 Å². The third-order valence-corrected chi connectivity index (χ3v) is 3.84. The van der Waals surface area contributed by atoms with Crippen molar-refractivity contribution in [2.24, 2.45) is 0 Å². The molecule has 1 heterocycles. The Kier molecular flexibility index (Phi) is 3.59. The van der Waals surface area contributed by atoms with E-state index < -0.39 is 0 Å². The normalized spacial score (nSPS) is 21.6. The quantitative estimate of drug-likeness (QED) is 0.792. The second-order valence-corrected chi connectivity index (χ2v) is 5.24. The number of fused-ring (bicyclic) bond motifs is 1. The van der Waals surface area contributed by atoms with Crippen LogP contribution in [0.3, 0.4) is 0 Å². The number of hydrogen-bond acceptors (Lipinski definition) is 3. The molecule has 1 aliphatic heterocycles. The zero-order chi connectivity index (χ0) is 13.9. The van der Waals surface area contributed by atoms with E-state index in [4.69, 9.17) is 9.47 Å². The number of aryl methyl sites for hydroxylation is 2. The van der Waals surface area contributed by atoms with E-state index in [0.717, 1.165) is 5.56 Å². The van der Waals surface area contributed by atoms with Gasteiger partial charge in [-0.05, 0) is 42.0 Å². The van der Waals surface area contributed by atoms with Crippen molar-refractivity contribution in [3.63, 3.8) is 0 Å². The van der Waals surface area contributed by atoms with E-state index in [1.54, 1.807) is 7.11 Å². The summed E-state index contributed by atoms with van der Waals surface area (Å²) < 4.78 is 10.4. The van der Waals surface area contributed by atoms with E-state index in [2.05, 4.69) is 18.2 Å². The molecule has 0 saturated carbocycles. The van der Waals surface area contributed by atoms with Gasteiger partial charge in [0, 0.05) is 6.42 Å². The molecule has 3 nitrogen and oxygen atoms in total. The van der Waals surface area contributed by atoms with E-state index in [0.29, 0.717) is 12.2 Å². The molecular weight excluding hydrogens is 252 g/mol. The van der Waals surface area contributed by atoms with Crippen LogP contribution in [0.2, 0.25) is 0 Å². The Morgan fingerprint density at radius 3 is 3.00 bits per heavy atom. The van der Waals surface area contributed by atoms with Gasteiger partial charge in [-0.15, -0.1) is 0 Å². The minimum Gasteiger partial charge on any atom is -0.501 e. The van der Waals surface area contributed by atoms with Gasteiger partial charge in [0.05, 0.1) is 13.2 Å². The molecule has 0 amide bonds. The zero-order valence-corrected chi connectivity index (χ0v) is 11.6. The number of hydrogen-bond donors (Lipinski definition) is 0. The molecule has 0 saturated heterocycles. The summed E-state index contributed by atoms with van der Waals surface area (Å²) in [5.74, 6) is 0.335. The van der Waals surface area contributed by atoms with Gasteiger partial charge in [0.1, 0.15) is 11.9 Å². The molecule has 0 radical (unpaired) electrons. The summed E-state index contributed by atoms with van der Waals surface area (Å²) in [6.07, 6.45) is 9.34. The second-order valence-electron chi connectivity index (χ2n) is 5.24. The maximum atomic E-state index is 11.4. The Morgan fingerprint density at radius 1 is 1.30 bits per heavy atom. The predicted octanol–water partition coefficient (Wildman–Crippen LogP) is 3.03. The minimum atomic E-state index is -0.336. The van der Waals surface area contributed by atoms with Crippen molar-refractivity contribution >= 4 is 12.0 Å². The van der Waals surface area contributed by atoms with E-state index >= 15 is 0 Å². The molecule has 0 spiro atoms. The van der Waals surface area contributed by atoms with Crippen LogP contribution in [0, 0.1) is 0 Å². The fourth-order valence-electron chi connectivity index (χ4n) is 2.78. The lowest BCUT2D eigenvalue weighted by Crippen LogP contribution is -2.21. The van der Waals surface area contributed by atoms with Crippen LogP contribution in [0.15, 0.2) is 36.1 Å². The molecule has 0 aromatic heterocycles. The van der Waals surface area contributed by atoms with E-state index in [-0.39, 0.29) is 12.1 Å². The van der Waals surface area contributed by atoms with Gasteiger partial charge in [-0.25, -0.2) is 4.79 Å². The van der Waals surface area contributed by atoms with Crippen molar-refractivity contribution in [1.82, 2.24) is 0 Å². The molecule has 0 N–H and O–H groups in total. The first kappa shape index (κ1) is 13.0. The maximum absolute atomic E-state index is 11.4. The fraction of sp³-hybridized carbons (Fsp3) is 0.353. The van der Waals surface area contributed by atoms with Crippen LogP contribution in [-0.2, 0) is 27.1 Å². The van der Waals surface area contributed by atoms with Gasteiger partial charge >= 0.3 is 5.97 Å². The Morgan fingerprint density at radius 2 is 2.15 bits per heavy atom. The molecule has 20 heavy (non-hydrogen) atoms. The first-order valence-corrected chi connectivity index (χ1v) is 7.00. The number of esters is 1. The van der Waals surface area contributed by atoms with Crippen LogP contribution in [0.4, 0.5) is 0 Å². The first-order valence-electron chi connectivity index (χ1n) is 7.00. The van der Waals surface area contributed by atoms with Gasteiger partial charge in [-0.1, -0.05) is 24.3 Å². The molecule has 1 aromatic carbocycles. The van der Waals surface area contributed by atoms with E-state index in [1.807, 2.05) is 12.2 Å². The van der Waals surface area contributed by atoms with Crippen molar-refractivity contribution in [2.75, 3.05) is 7.11 Å². The number of benzene rings is 1. The topological polar surface area (TPSA) is 35.5 Å². The lowest BCUT2D eigenvalue weighted by atomic mass is 10.0. The highest BCUT2D eigenvalue weighted by Gasteiger charge is 2.19. The van der Waals surface area contributed by atoms with E-state index in [9.17, 15) is 4.79 Å². The Balaban J connectivity index is 1.71. The van der Waals surface area contributed by atoms with Crippen molar-refractivity contribution in [3.05, 3.63) is 52.8 Å². The molecule has 1 unspecified atom stereocenters. The summed E-state index contributed by atoms with van der Waals surface area (Å²) in [5.41, 5.74) is 4.08. The molecule has 3 rings (SSSR count). The third-order valence-electron chi connectivity index (χ3n) is 3.84. The smallest absolute Gasteiger partial charge is 0.334 e. The van der Waals surface area contributed by atoms with Gasteiger partial charge in [-0.2, -0.15) is 0 Å². The zero-order valence-electron chi connectivity index (χ0n) is 11.6. The molecule has 1 aliphatic carbocycles. The van der Waals surface area contributed by atoms with Crippen LogP contribution in [-0.4, -0.2) is 19.2 Å². The molecule has 104 valence electrons. The summed E-state index contributed by atoms with van der Waals surface area (Å²) in [7, 11) is 1.58. The average molecular weight is 270 g/mol. The van der Waals surface area contributed by atoms with Crippen molar-refractivity contribution < 1.29 is 14.3 Å². The third kappa shape index (κ3) is 2.77. The van der Waals surface area contributed by atoms with Crippen molar-refractivity contribution in [1.29, 1.82) is 0 Å². The summed E-state index contributed by atoms with van der Waals surface area (Å²) in [4.78, 5) is 11.4. The largest absolute Gasteiger partial charge is 0.501 e. The molecule has 0 bridgehead atoms. The number of ether oxygens (including phenoxy) is 2. The van der Waals surface area contributed by atoms with Crippen LogP contribution in [0.5, 0.6) is 0 Å². The Bertz CT molecular complexity index is 584. The van der Waals surface area contributed by atoms with E-state index in [1.165, 1.54) is 36.5 Å². The summed E-state index contributed by atoms with van der Waals surface area (Å²) in [6, 6.07) is 6.56.